The van der Waals surface area contributed by atoms with Crippen molar-refractivity contribution in [2.75, 3.05) is 13.2 Å². The zero-order valence-electron chi connectivity index (χ0n) is 17.5. The smallest absolute Gasteiger partial charge is 0.278 e. The quantitative estimate of drug-likeness (QED) is 0.586. The number of likely N-dealkylation sites (tertiary alicyclic amines) is 1. The van der Waals surface area contributed by atoms with Crippen LogP contribution >= 0.6 is 11.6 Å². The van der Waals surface area contributed by atoms with Crippen LogP contribution in [0.2, 0.25) is 5.02 Å². The average molecular weight is 438 g/mol. The maximum atomic E-state index is 13.4. The summed E-state index contributed by atoms with van der Waals surface area (Å²) in [5.74, 6) is 0.456. The van der Waals surface area contributed by atoms with Gasteiger partial charge < -0.3 is 9.64 Å². The van der Waals surface area contributed by atoms with E-state index in [-0.39, 0.29) is 23.1 Å². The van der Waals surface area contributed by atoms with Crippen molar-refractivity contribution in [1.82, 2.24) is 14.7 Å². The molecule has 0 spiro atoms. The molecule has 6 nitrogen and oxygen atoms in total. The number of rotatable bonds is 5. The van der Waals surface area contributed by atoms with Crippen molar-refractivity contribution in [3.63, 3.8) is 0 Å². The predicted octanol–water partition coefficient (Wildman–Crippen LogP) is 4.57. The van der Waals surface area contributed by atoms with Crippen LogP contribution in [0.25, 0.3) is 5.69 Å². The molecule has 2 aromatic carbocycles. The summed E-state index contributed by atoms with van der Waals surface area (Å²) >= 11 is 5.99. The molecular weight excluding hydrogens is 414 g/mol. The Morgan fingerprint density at radius 3 is 2.55 bits per heavy atom. The lowest BCUT2D eigenvalue weighted by Crippen LogP contribution is -2.36. The van der Waals surface area contributed by atoms with E-state index in [1.54, 1.807) is 40.8 Å². The number of benzene rings is 2. The van der Waals surface area contributed by atoms with Crippen LogP contribution in [0.1, 0.15) is 47.6 Å². The van der Waals surface area contributed by atoms with E-state index in [0.29, 0.717) is 23.9 Å². The fourth-order valence-electron chi connectivity index (χ4n) is 3.98. The Bertz CT molecular complexity index is 1140. The molecule has 160 valence electrons. The SMILES string of the molecule is CCOc1ccc(C2CCCN2C(=O)c2nn(-c3ccc(Cl)cc3)c(C)cc2=O)cc1. The summed E-state index contributed by atoms with van der Waals surface area (Å²) in [4.78, 5) is 27.8. The number of hydrogen-bond acceptors (Lipinski definition) is 4. The standard InChI is InChI=1S/C24H24ClN3O3/c1-3-31-20-12-6-17(7-13-20)21-5-4-14-27(21)24(30)23-22(29)15-16(2)28(26-23)19-10-8-18(25)9-11-19/h6-13,15,21H,3-5,14H2,1-2H3. The monoisotopic (exact) mass is 437 g/mol. The van der Waals surface area contributed by atoms with Gasteiger partial charge in [0.15, 0.2) is 5.69 Å². The van der Waals surface area contributed by atoms with E-state index in [4.69, 9.17) is 16.3 Å². The number of halogens is 1. The minimum Gasteiger partial charge on any atom is -0.494 e. The number of hydrogen-bond donors (Lipinski definition) is 0. The molecular formula is C24H24ClN3O3. The first kappa shape index (κ1) is 21.1. The molecule has 3 aromatic rings. The number of carbonyl (C=O) groups excluding carboxylic acids is 1. The van der Waals surface area contributed by atoms with Crippen molar-refractivity contribution in [2.24, 2.45) is 0 Å². The second-order valence-corrected chi connectivity index (χ2v) is 7.98. The molecule has 2 heterocycles. The van der Waals surface area contributed by atoms with E-state index in [9.17, 15) is 9.59 Å². The summed E-state index contributed by atoms with van der Waals surface area (Å²) in [6.45, 7) is 4.92. The number of nitrogens with zero attached hydrogens (tertiary/aromatic N) is 3. The van der Waals surface area contributed by atoms with Gasteiger partial charge in [0.2, 0.25) is 5.43 Å². The molecule has 1 aliphatic rings. The Labute approximate surface area is 186 Å². The lowest BCUT2D eigenvalue weighted by molar-refractivity contribution is 0.0726. The molecule has 4 rings (SSSR count). The summed E-state index contributed by atoms with van der Waals surface area (Å²) < 4.78 is 7.12. The van der Waals surface area contributed by atoms with Gasteiger partial charge in [-0.1, -0.05) is 23.7 Å². The van der Waals surface area contributed by atoms with Crippen LogP contribution in [-0.4, -0.2) is 33.7 Å². The number of aromatic nitrogens is 2. The second-order valence-electron chi connectivity index (χ2n) is 7.55. The molecule has 0 saturated carbocycles. The highest BCUT2D eigenvalue weighted by Gasteiger charge is 2.32. The zero-order chi connectivity index (χ0) is 22.0. The van der Waals surface area contributed by atoms with Gasteiger partial charge in [0.05, 0.1) is 18.3 Å². The third-order valence-corrected chi connectivity index (χ3v) is 5.72. The number of ether oxygens (including phenoxy) is 1. The molecule has 7 heteroatoms. The van der Waals surface area contributed by atoms with Crippen molar-refractivity contribution in [3.8, 4) is 11.4 Å². The van der Waals surface area contributed by atoms with Crippen LogP contribution in [0.3, 0.4) is 0 Å². The fourth-order valence-corrected chi connectivity index (χ4v) is 4.11. The van der Waals surface area contributed by atoms with E-state index in [0.717, 1.165) is 29.8 Å². The Balaban J connectivity index is 1.66. The highest BCUT2D eigenvalue weighted by Crippen LogP contribution is 2.33. The van der Waals surface area contributed by atoms with Crippen molar-refractivity contribution in [1.29, 1.82) is 0 Å². The Kier molecular flexibility index (Phi) is 6.09. The molecule has 1 amide bonds. The van der Waals surface area contributed by atoms with Crippen molar-refractivity contribution in [3.05, 3.63) is 86.8 Å². The van der Waals surface area contributed by atoms with E-state index in [1.807, 2.05) is 31.2 Å². The molecule has 0 N–H and O–H groups in total. The summed E-state index contributed by atoms with van der Waals surface area (Å²) in [6, 6.07) is 16.3. The average Bonchev–Trinajstić information content (AvgIpc) is 3.25. The van der Waals surface area contributed by atoms with Gasteiger partial charge >= 0.3 is 0 Å². The van der Waals surface area contributed by atoms with Crippen LogP contribution < -0.4 is 10.2 Å². The van der Waals surface area contributed by atoms with Gasteiger partial charge in [-0.3, -0.25) is 9.59 Å². The molecule has 0 bridgehead atoms. The normalized spacial score (nSPS) is 15.8. The minimum atomic E-state index is -0.370. The topological polar surface area (TPSA) is 64.4 Å². The number of carbonyl (C=O) groups is 1. The number of amides is 1. The van der Waals surface area contributed by atoms with Gasteiger partial charge in [-0.05, 0) is 68.7 Å². The Morgan fingerprint density at radius 1 is 1.16 bits per heavy atom. The second kappa shape index (κ2) is 8.94. The lowest BCUT2D eigenvalue weighted by atomic mass is 10.0. The summed E-state index contributed by atoms with van der Waals surface area (Å²) in [6.07, 6.45) is 1.72. The Morgan fingerprint density at radius 2 is 1.87 bits per heavy atom. The van der Waals surface area contributed by atoms with Gasteiger partial charge in [-0.25, -0.2) is 4.68 Å². The Hall–Kier alpha value is -3.12. The van der Waals surface area contributed by atoms with Gasteiger partial charge in [0.25, 0.3) is 5.91 Å². The first-order valence-electron chi connectivity index (χ1n) is 10.4. The number of aryl methyl sites for hydroxylation is 1. The first-order chi connectivity index (χ1) is 15.0. The molecule has 31 heavy (non-hydrogen) atoms. The van der Waals surface area contributed by atoms with E-state index >= 15 is 0 Å². The fraction of sp³-hybridized carbons (Fsp3) is 0.292. The molecule has 1 aromatic heterocycles. The summed E-state index contributed by atoms with van der Waals surface area (Å²) in [7, 11) is 0. The third kappa shape index (κ3) is 4.35. The molecule has 1 atom stereocenters. The zero-order valence-corrected chi connectivity index (χ0v) is 18.3. The molecule has 1 fully saturated rings. The molecule has 1 saturated heterocycles. The van der Waals surface area contributed by atoms with E-state index in [2.05, 4.69) is 5.10 Å². The van der Waals surface area contributed by atoms with Crippen molar-refractivity contribution >= 4 is 17.5 Å². The van der Waals surface area contributed by atoms with Gasteiger partial charge in [0, 0.05) is 23.3 Å². The maximum Gasteiger partial charge on any atom is 0.278 e. The summed E-state index contributed by atoms with van der Waals surface area (Å²) in [5, 5.41) is 5.04. The van der Waals surface area contributed by atoms with E-state index < -0.39 is 0 Å². The van der Waals surface area contributed by atoms with Crippen molar-refractivity contribution in [2.45, 2.75) is 32.7 Å². The van der Waals surface area contributed by atoms with Crippen LogP contribution in [0.15, 0.2) is 59.4 Å². The highest BCUT2D eigenvalue weighted by atomic mass is 35.5. The van der Waals surface area contributed by atoms with Crippen LogP contribution in [0.4, 0.5) is 0 Å². The van der Waals surface area contributed by atoms with Crippen molar-refractivity contribution < 1.29 is 9.53 Å². The first-order valence-corrected chi connectivity index (χ1v) is 10.8. The van der Waals surface area contributed by atoms with Gasteiger partial charge in [-0.15, -0.1) is 0 Å². The lowest BCUT2D eigenvalue weighted by Gasteiger charge is -2.25. The van der Waals surface area contributed by atoms with E-state index in [1.165, 1.54) is 6.07 Å². The molecule has 0 radical (unpaired) electrons. The maximum absolute atomic E-state index is 13.4. The van der Waals surface area contributed by atoms with Crippen LogP contribution in [0, 0.1) is 6.92 Å². The van der Waals surface area contributed by atoms with Crippen LogP contribution in [0.5, 0.6) is 5.75 Å². The molecule has 1 unspecified atom stereocenters. The van der Waals surface area contributed by atoms with Gasteiger partial charge in [0.1, 0.15) is 5.75 Å². The predicted molar refractivity (Wildman–Crippen MR) is 120 cm³/mol. The van der Waals surface area contributed by atoms with Crippen LogP contribution in [-0.2, 0) is 0 Å². The highest BCUT2D eigenvalue weighted by molar-refractivity contribution is 6.30. The molecule has 1 aliphatic heterocycles. The largest absolute Gasteiger partial charge is 0.494 e. The summed E-state index contributed by atoms with van der Waals surface area (Å²) in [5.41, 5.74) is 1.97. The van der Waals surface area contributed by atoms with Gasteiger partial charge in [-0.2, -0.15) is 5.10 Å². The minimum absolute atomic E-state index is 0.0709. The molecule has 0 aliphatic carbocycles. The third-order valence-electron chi connectivity index (χ3n) is 5.47.